The van der Waals surface area contributed by atoms with Gasteiger partial charge < -0.3 is 9.47 Å². The van der Waals surface area contributed by atoms with E-state index in [0.717, 1.165) is 17.9 Å². The first-order valence-corrected chi connectivity index (χ1v) is 10.7. The SMILES string of the molecule is CCn1c(C)cc(C(=O)N2CCN(S(=O)(=O)c3ccccc3C#N)CC2)c1C. The van der Waals surface area contributed by atoms with Crippen LogP contribution in [-0.2, 0) is 16.6 Å². The summed E-state index contributed by atoms with van der Waals surface area (Å²) >= 11 is 0. The Bertz CT molecular complexity index is 1040. The predicted molar refractivity (Wildman–Crippen MR) is 105 cm³/mol. The second kappa shape index (κ2) is 7.78. The van der Waals surface area contributed by atoms with Crippen molar-refractivity contribution in [1.82, 2.24) is 13.8 Å². The third-order valence-corrected chi connectivity index (χ3v) is 7.23. The van der Waals surface area contributed by atoms with E-state index in [9.17, 15) is 18.5 Å². The molecule has 2 aromatic rings. The van der Waals surface area contributed by atoms with Gasteiger partial charge in [0.2, 0.25) is 10.0 Å². The van der Waals surface area contributed by atoms with Crippen LogP contribution in [0.5, 0.6) is 0 Å². The third kappa shape index (κ3) is 3.43. The molecule has 28 heavy (non-hydrogen) atoms. The summed E-state index contributed by atoms with van der Waals surface area (Å²) in [4.78, 5) is 14.6. The first kappa shape index (κ1) is 20.1. The maximum Gasteiger partial charge on any atom is 0.255 e. The maximum absolute atomic E-state index is 12.9. The molecular formula is C20H24N4O3S. The van der Waals surface area contributed by atoms with Gasteiger partial charge in [0.25, 0.3) is 5.91 Å². The molecule has 0 N–H and O–H groups in total. The first-order valence-electron chi connectivity index (χ1n) is 9.26. The van der Waals surface area contributed by atoms with E-state index < -0.39 is 10.0 Å². The predicted octanol–water partition coefficient (Wildman–Crippen LogP) is 2.14. The normalized spacial score (nSPS) is 15.4. The number of nitrogens with zero attached hydrogens (tertiary/aromatic N) is 4. The summed E-state index contributed by atoms with van der Waals surface area (Å²) in [6.45, 7) is 7.81. The van der Waals surface area contributed by atoms with E-state index in [2.05, 4.69) is 4.57 Å². The quantitative estimate of drug-likeness (QED) is 0.787. The molecule has 8 heteroatoms. The standard InChI is InChI=1S/C20H24N4O3S/c1-4-24-15(2)13-18(16(24)3)20(25)22-9-11-23(12-10-22)28(26,27)19-8-6-5-7-17(19)14-21/h5-8,13H,4,9-12H2,1-3H3. The van der Waals surface area contributed by atoms with Gasteiger partial charge in [-0.1, -0.05) is 12.1 Å². The molecule has 0 aliphatic carbocycles. The van der Waals surface area contributed by atoms with Crippen LogP contribution in [0.15, 0.2) is 35.2 Å². The van der Waals surface area contributed by atoms with Gasteiger partial charge in [0.15, 0.2) is 0 Å². The van der Waals surface area contributed by atoms with Crippen molar-refractivity contribution in [2.45, 2.75) is 32.2 Å². The summed E-state index contributed by atoms with van der Waals surface area (Å²) < 4.78 is 29.3. The third-order valence-electron chi connectivity index (χ3n) is 5.27. The Morgan fingerprint density at radius 2 is 1.79 bits per heavy atom. The fraction of sp³-hybridized carbons (Fsp3) is 0.400. The second-order valence-corrected chi connectivity index (χ2v) is 8.74. The van der Waals surface area contributed by atoms with Crippen LogP contribution in [0.1, 0.15) is 34.2 Å². The number of sulfonamides is 1. The van der Waals surface area contributed by atoms with Crippen LogP contribution in [0, 0.1) is 25.2 Å². The molecule has 0 spiro atoms. The smallest absolute Gasteiger partial charge is 0.255 e. The molecule has 7 nitrogen and oxygen atoms in total. The largest absolute Gasteiger partial charge is 0.349 e. The lowest BCUT2D eigenvalue weighted by atomic mass is 10.2. The van der Waals surface area contributed by atoms with E-state index in [0.29, 0.717) is 18.7 Å². The second-order valence-electron chi connectivity index (χ2n) is 6.83. The van der Waals surface area contributed by atoms with E-state index in [4.69, 9.17) is 0 Å². The highest BCUT2D eigenvalue weighted by molar-refractivity contribution is 7.89. The van der Waals surface area contributed by atoms with Crippen LogP contribution in [0.25, 0.3) is 0 Å². The number of carbonyl (C=O) groups excluding carboxylic acids is 1. The number of carbonyl (C=O) groups is 1. The molecular weight excluding hydrogens is 376 g/mol. The number of aromatic nitrogens is 1. The van der Waals surface area contributed by atoms with Crippen LogP contribution in [0.3, 0.4) is 0 Å². The number of hydrogen-bond acceptors (Lipinski definition) is 4. The van der Waals surface area contributed by atoms with Crippen LogP contribution in [0.4, 0.5) is 0 Å². The highest BCUT2D eigenvalue weighted by Crippen LogP contribution is 2.23. The topological polar surface area (TPSA) is 86.4 Å². The molecule has 1 aliphatic heterocycles. The summed E-state index contributed by atoms with van der Waals surface area (Å²) in [5, 5.41) is 9.20. The fourth-order valence-electron chi connectivity index (χ4n) is 3.73. The minimum Gasteiger partial charge on any atom is -0.349 e. The lowest BCUT2D eigenvalue weighted by Crippen LogP contribution is -2.50. The molecule has 1 fully saturated rings. The molecule has 0 radical (unpaired) electrons. The molecule has 0 bridgehead atoms. The molecule has 1 aromatic carbocycles. The molecule has 2 heterocycles. The highest BCUT2D eigenvalue weighted by atomic mass is 32.2. The van der Waals surface area contributed by atoms with Gasteiger partial charge in [0.1, 0.15) is 6.07 Å². The zero-order valence-electron chi connectivity index (χ0n) is 16.3. The Kier molecular flexibility index (Phi) is 5.59. The van der Waals surface area contributed by atoms with Crippen molar-refractivity contribution in [2.75, 3.05) is 26.2 Å². The molecule has 1 aromatic heterocycles. The van der Waals surface area contributed by atoms with E-state index in [-0.39, 0.29) is 29.5 Å². The number of aryl methyl sites for hydroxylation is 1. The average Bonchev–Trinajstić information content (AvgIpc) is 3.00. The van der Waals surface area contributed by atoms with Crippen molar-refractivity contribution in [3.05, 3.63) is 52.8 Å². The molecule has 3 rings (SSSR count). The van der Waals surface area contributed by atoms with Gasteiger partial charge in [0.05, 0.1) is 16.0 Å². The van der Waals surface area contributed by atoms with Crippen molar-refractivity contribution in [1.29, 1.82) is 5.26 Å². The van der Waals surface area contributed by atoms with Crippen molar-refractivity contribution in [3.8, 4) is 6.07 Å². The average molecular weight is 401 g/mol. The van der Waals surface area contributed by atoms with Crippen LogP contribution < -0.4 is 0 Å². The molecule has 0 unspecified atom stereocenters. The zero-order valence-corrected chi connectivity index (χ0v) is 17.2. The molecule has 0 atom stereocenters. The number of benzene rings is 1. The zero-order chi connectivity index (χ0) is 20.5. The molecule has 1 amide bonds. The lowest BCUT2D eigenvalue weighted by Gasteiger charge is -2.34. The summed E-state index contributed by atoms with van der Waals surface area (Å²) in [5.74, 6) is -0.0673. The number of amides is 1. The summed E-state index contributed by atoms with van der Waals surface area (Å²) in [7, 11) is -3.76. The van der Waals surface area contributed by atoms with Gasteiger partial charge in [-0.3, -0.25) is 4.79 Å². The number of piperazine rings is 1. The Balaban J connectivity index is 1.76. The molecule has 1 aliphatic rings. The van der Waals surface area contributed by atoms with E-state index >= 15 is 0 Å². The van der Waals surface area contributed by atoms with Gasteiger partial charge in [-0.2, -0.15) is 9.57 Å². The minimum absolute atomic E-state index is 0.0174. The van der Waals surface area contributed by atoms with E-state index in [1.165, 1.54) is 16.4 Å². The molecule has 1 saturated heterocycles. The summed E-state index contributed by atoms with van der Waals surface area (Å²) in [6, 6.07) is 10.0. The monoisotopic (exact) mass is 400 g/mol. The molecule has 148 valence electrons. The van der Waals surface area contributed by atoms with Gasteiger partial charge in [0, 0.05) is 44.1 Å². The van der Waals surface area contributed by atoms with Gasteiger partial charge in [-0.25, -0.2) is 8.42 Å². The summed E-state index contributed by atoms with van der Waals surface area (Å²) in [6.07, 6.45) is 0. The van der Waals surface area contributed by atoms with E-state index in [1.54, 1.807) is 17.0 Å². The first-order chi connectivity index (χ1) is 13.3. The van der Waals surface area contributed by atoms with Crippen LogP contribution in [0.2, 0.25) is 0 Å². The maximum atomic E-state index is 12.9. The van der Waals surface area contributed by atoms with Gasteiger partial charge in [-0.15, -0.1) is 0 Å². The Hall–Kier alpha value is -2.63. The minimum atomic E-state index is -3.76. The van der Waals surface area contributed by atoms with Crippen molar-refractivity contribution in [2.24, 2.45) is 0 Å². The van der Waals surface area contributed by atoms with Gasteiger partial charge in [-0.05, 0) is 39.0 Å². The van der Waals surface area contributed by atoms with Crippen molar-refractivity contribution >= 4 is 15.9 Å². The van der Waals surface area contributed by atoms with E-state index in [1.807, 2.05) is 32.9 Å². The number of nitriles is 1. The number of rotatable bonds is 4. The Labute approximate surface area is 165 Å². The fourth-order valence-corrected chi connectivity index (χ4v) is 5.29. The Morgan fingerprint density at radius 1 is 1.14 bits per heavy atom. The lowest BCUT2D eigenvalue weighted by molar-refractivity contribution is 0.0697. The highest BCUT2D eigenvalue weighted by Gasteiger charge is 2.32. The van der Waals surface area contributed by atoms with Crippen molar-refractivity contribution < 1.29 is 13.2 Å². The number of hydrogen-bond donors (Lipinski definition) is 0. The van der Waals surface area contributed by atoms with Crippen LogP contribution in [-0.4, -0.2) is 54.3 Å². The Morgan fingerprint density at radius 3 is 2.36 bits per heavy atom. The molecule has 0 saturated carbocycles. The van der Waals surface area contributed by atoms with Gasteiger partial charge >= 0.3 is 0 Å². The summed E-state index contributed by atoms with van der Waals surface area (Å²) in [5.41, 5.74) is 2.78. The van der Waals surface area contributed by atoms with Crippen molar-refractivity contribution in [3.63, 3.8) is 0 Å². The van der Waals surface area contributed by atoms with Crippen LogP contribution >= 0.6 is 0 Å².